The van der Waals surface area contributed by atoms with E-state index in [-0.39, 0.29) is 9.90 Å². The number of aromatic nitrogens is 2. The molecule has 3 aromatic rings. The van der Waals surface area contributed by atoms with Crippen molar-refractivity contribution < 1.29 is 17.6 Å². The molecule has 7 nitrogen and oxygen atoms in total. The second-order valence-corrected chi connectivity index (χ2v) is 9.90. The van der Waals surface area contributed by atoms with Crippen LogP contribution >= 0.6 is 11.3 Å². The van der Waals surface area contributed by atoms with Crippen molar-refractivity contribution in [1.29, 1.82) is 0 Å². The van der Waals surface area contributed by atoms with Gasteiger partial charge in [-0.05, 0) is 55.7 Å². The van der Waals surface area contributed by atoms with E-state index in [1.165, 1.54) is 22.5 Å². The maximum atomic E-state index is 13.3. The zero-order valence-corrected chi connectivity index (χ0v) is 17.7. The van der Waals surface area contributed by atoms with Crippen LogP contribution in [-0.2, 0) is 10.0 Å². The minimum atomic E-state index is -3.69. The van der Waals surface area contributed by atoms with Crippen molar-refractivity contribution in [3.05, 3.63) is 69.9 Å². The lowest BCUT2D eigenvalue weighted by Gasteiger charge is -2.22. The molecule has 1 amide bonds. The van der Waals surface area contributed by atoms with Gasteiger partial charge in [0.05, 0.1) is 10.9 Å². The molecular formula is C20H19FN4O3S2. The van der Waals surface area contributed by atoms with Crippen molar-refractivity contribution >= 4 is 33.0 Å². The summed E-state index contributed by atoms with van der Waals surface area (Å²) in [5.41, 5.74) is 1.17. The van der Waals surface area contributed by atoms with Crippen LogP contribution in [0.2, 0.25) is 0 Å². The molecule has 1 fully saturated rings. The lowest BCUT2D eigenvalue weighted by molar-refractivity contribution is 0.102. The third-order valence-electron chi connectivity index (χ3n) is 4.80. The Labute approximate surface area is 177 Å². The maximum Gasteiger partial charge on any atom is 0.286 e. The molecule has 1 aromatic heterocycles. The summed E-state index contributed by atoms with van der Waals surface area (Å²) in [4.78, 5) is 12.7. The Bertz CT molecular complexity index is 1200. The molecule has 0 saturated carbocycles. The van der Waals surface area contributed by atoms with Crippen LogP contribution in [0.4, 0.5) is 10.1 Å². The fraction of sp³-hybridized carbons (Fsp3) is 0.250. The second kappa shape index (κ2) is 8.21. The molecule has 0 unspecified atom stereocenters. The van der Waals surface area contributed by atoms with E-state index in [0.29, 0.717) is 30.1 Å². The van der Waals surface area contributed by atoms with E-state index >= 15 is 0 Å². The number of hydrogen-bond acceptors (Lipinski definition) is 6. The predicted octanol–water partition coefficient (Wildman–Crippen LogP) is 3.76. The van der Waals surface area contributed by atoms with Crippen molar-refractivity contribution in [1.82, 2.24) is 14.5 Å². The van der Waals surface area contributed by atoms with Crippen LogP contribution < -0.4 is 5.32 Å². The van der Waals surface area contributed by atoms with Gasteiger partial charge in [0.25, 0.3) is 5.91 Å². The Kier molecular flexibility index (Phi) is 5.63. The molecular weight excluding hydrogens is 427 g/mol. The Morgan fingerprint density at radius 1 is 1.20 bits per heavy atom. The van der Waals surface area contributed by atoms with E-state index in [1.807, 2.05) is 13.0 Å². The number of nitrogens with zero attached hydrogens (tertiary/aromatic N) is 3. The van der Waals surface area contributed by atoms with Gasteiger partial charge in [0.2, 0.25) is 15.0 Å². The van der Waals surface area contributed by atoms with Crippen LogP contribution in [0.1, 0.15) is 39.3 Å². The first kappa shape index (κ1) is 20.6. The SMILES string of the molecule is Cc1cccc(S(=O)(=O)N2CCC[C@@H]2c2nnc(C(=O)Nc3cccc(F)c3)s2)c1. The molecule has 0 spiro atoms. The number of halogens is 1. The fourth-order valence-corrected chi connectivity index (χ4v) is 6.12. The molecule has 2 heterocycles. The normalized spacial score (nSPS) is 17.2. The second-order valence-electron chi connectivity index (χ2n) is 7.00. The quantitative estimate of drug-likeness (QED) is 0.644. The van der Waals surface area contributed by atoms with Gasteiger partial charge in [-0.3, -0.25) is 4.79 Å². The molecule has 1 N–H and O–H groups in total. The molecule has 156 valence electrons. The van der Waals surface area contributed by atoms with E-state index in [2.05, 4.69) is 15.5 Å². The number of hydrogen-bond donors (Lipinski definition) is 1. The van der Waals surface area contributed by atoms with Crippen LogP contribution in [0.5, 0.6) is 0 Å². The average molecular weight is 447 g/mol. The minimum absolute atomic E-state index is 0.0917. The molecule has 4 rings (SSSR count). The highest BCUT2D eigenvalue weighted by Crippen LogP contribution is 2.37. The van der Waals surface area contributed by atoms with Gasteiger partial charge in [-0.25, -0.2) is 12.8 Å². The largest absolute Gasteiger partial charge is 0.320 e. The lowest BCUT2D eigenvalue weighted by atomic mass is 10.2. The Morgan fingerprint density at radius 3 is 2.77 bits per heavy atom. The Morgan fingerprint density at radius 2 is 2.00 bits per heavy atom. The molecule has 0 bridgehead atoms. The lowest BCUT2D eigenvalue weighted by Crippen LogP contribution is -2.30. The number of carbonyl (C=O) groups is 1. The first-order valence-electron chi connectivity index (χ1n) is 9.33. The molecule has 1 atom stereocenters. The van der Waals surface area contributed by atoms with Crippen molar-refractivity contribution in [3.8, 4) is 0 Å². The van der Waals surface area contributed by atoms with Crippen LogP contribution in [0, 0.1) is 12.7 Å². The van der Waals surface area contributed by atoms with E-state index in [1.54, 1.807) is 24.3 Å². The van der Waals surface area contributed by atoms with Crippen molar-refractivity contribution in [2.24, 2.45) is 0 Å². The topological polar surface area (TPSA) is 92.3 Å². The van der Waals surface area contributed by atoms with Crippen LogP contribution in [0.3, 0.4) is 0 Å². The first-order valence-corrected chi connectivity index (χ1v) is 11.6. The van der Waals surface area contributed by atoms with E-state index < -0.39 is 27.8 Å². The summed E-state index contributed by atoms with van der Waals surface area (Å²) >= 11 is 1.05. The standard InChI is InChI=1S/C20H19FN4O3S2/c1-13-5-2-8-16(11-13)30(27,28)25-10-4-9-17(25)19-23-24-20(29-19)18(26)22-15-7-3-6-14(21)12-15/h2-3,5-8,11-12,17H,4,9-10H2,1H3,(H,22,26)/t17-/m1/s1. The van der Waals surface area contributed by atoms with Crippen LogP contribution in [0.15, 0.2) is 53.4 Å². The van der Waals surface area contributed by atoms with Crippen LogP contribution in [0.25, 0.3) is 0 Å². The van der Waals surface area contributed by atoms with Gasteiger partial charge in [0.1, 0.15) is 10.8 Å². The minimum Gasteiger partial charge on any atom is -0.320 e. The molecule has 0 radical (unpaired) electrons. The third-order valence-corrected chi connectivity index (χ3v) is 7.73. The van der Waals surface area contributed by atoms with E-state index in [9.17, 15) is 17.6 Å². The number of carbonyl (C=O) groups excluding carboxylic acids is 1. The van der Waals surface area contributed by atoms with Crippen LogP contribution in [-0.4, -0.2) is 35.4 Å². The molecule has 1 aliphatic rings. The summed E-state index contributed by atoms with van der Waals surface area (Å²) < 4.78 is 41.0. The smallest absolute Gasteiger partial charge is 0.286 e. The van der Waals surface area contributed by atoms with Gasteiger partial charge in [0.15, 0.2) is 0 Å². The number of rotatable bonds is 5. The van der Waals surface area contributed by atoms with Crippen molar-refractivity contribution in [2.45, 2.75) is 30.7 Å². The predicted molar refractivity (Wildman–Crippen MR) is 111 cm³/mol. The Balaban J connectivity index is 1.55. The van der Waals surface area contributed by atoms with Gasteiger partial charge in [-0.1, -0.05) is 29.5 Å². The van der Waals surface area contributed by atoms with Gasteiger partial charge < -0.3 is 5.32 Å². The monoisotopic (exact) mass is 446 g/mol. The number of sulfonamides is 1. The summed E-state index contributed by atoms with van der Waals surface area (Å²) in [6.07, 6.45) is 1.30. The van der Waals surface area contributed by atoms with E-state index in [0.717, 1.165) is 16.9 Å². The Hall–Kier alpha value is -2.69. The molecule has 0 aliphatic carbocycles. The average Bonchev–Trinajstić information content (AvgIpc) is 3.38. The molecule has 1 aliphatic heterocycles. The highest BCUT2D eigenvalue weighted by molar-refractivity contribution is 7.89. The zero-order chi connectivity index (χ0) is 21.3. The number of nitrogens with one attached hydrogen (secondary N) is 1. The van der Waals surface area contributed by atoms with Crippen molar-refractivity contribution in [2.75, 3.05) is 11.9 Å². The van der Waals surface area contributed by atoms with Gasteiger partial charge in [0, 0.05) is 12.2 Å². The highest BCUT2D eigenvalue weighted by Gasteiger charge is 2.38. The van der Waals surface area contributed by atoms with Crippen molar-refractivity contribution in [3.63, 3.8) is 0 Å². The summed E-state index contributed by atoms with van der Waals surface area (Å²) in [7, 11) is -3.69. The molecule has 10 heteroatoms. The fourth-order valence-electron chi connectivity index (χ4n) is 3.40. The summed E-state index contributed by atoms with van der Waals surface area (Å²) in [5, 5.41) is 11.1. The molecule has 30 heavy (non-hydrogen) atoms. The van der Waals surface area contributed by atoms with E-state index in [4.69, 9.17) is 0 Å². The number of anilines is 1. The highest BCUT2D eigenvalue weighted by atomic mass is 32.2. The number of benzene rings is 2. The zero-order valence-electron chi connectivity index (χ0n) is 16.1. The molecule has 2 aromatic carbocycles. The third kappa shape index (κ3) is 4.11. The number of aryl methyl sites for hydroxylation is 1. The maximum absolute atomic E-state index is 13.3. The van der Waals surface area contributed by atoms with Gasteiger partial charge in [-0.2, -0.15) is 4.31 Å². The molecule has 1 saturated heterocycles. The van der Waals surface area contributed by atoms with Gasteiger partial charge >= 0.3 is 0 Å². The summed E-state index contributed by atoms with van der Waals surface area (Å²) in [6.45, 7) is 2.22. The number of amides is 1. The summed E-state index contributed by atoms with van der Waals surface area (Å²) in [5.74, 6) is -0.982. The van der Waals surface area contributed by atoms with Gasteiger partial charge in [-0.15, -0.1) is 10.2 Å². The first-order chi connectivity index (χ1) is 14.3. The summed E-state index contributed by atoms with van der Waals surface area (Å²) in [6, 6.07) is 11.8.